The molecule has 0 radical (unpaired) electrons. The Hall–Kier alpha value is -3.88. The molecule has 0 aliphatic carbocycles. The van der Waals surface area contributed by atoms with Gasteiger partial charge in [-0.25, -0.2) is 9.97 Å². The second-order valence-electron chi connectivity index (χ2n) is 7.79. The van der Waals surface area contributed by atoms with Gasteiger partial charge in [0.2, 0.25) is 17.8 Å². The van der Waals surface area contributed by atoms with Crippen molar-refractivity contribution >= 4 is 34.9 Å². The average Bonchev–Trinajstić information content (AvgIpc) is 2.82. The number of aromatic nitrogens is 3. The Labute approximate surface area is 193 Å². The number of hydrogen-bond donors (Lipinski definition) is 2. The molecule has 1 aliphatic heterocycles. The molecule has 2 heterocycles. The first-order valence-electron chi connectivity index (χ1n) is 11.1. The third-order valence-corrected chi connectivity index (χ3v) is 5.53. The highest BCUT2D eigenvalue weighted by atomic mass is 16.5. The molecule has 0 spiro atoms. The van der Waals surface area contributed by atoms with Crippen LogP contribution in [0.25, 0.3) is 0 Å². The van der Waals surface area contributed by atoms with Crippen molar-refractivity contribution in [2.45, 2.75) is 20.8 Å². The number of piperazine rings is 1. The monoisotopic (exact) mass is 447 g/mol. The molecular weight excluding hydrogens is 418 g/mol. The van der Waals surface area contributed by atoms with Crippen LogP contribution in [0, 0.1) is 6.92 Å². The molecule has 0 unspecified atom stereocenters. The van der Waals surface area contributed by atoms with Gasteiger partial charge in [-0.05, 0) is 55.8 Å². The Morgan fingerprint density at radius 2 is 1.70 bits per heavy atom. The van der Waals surface area contributed by atoms with E-state index in [-0.39, 0.29) is 5.91 Å². The van der Waals surface area contributed by atoms with Crippen molar-refractivity contribution in [3.05, 3.63) is 54.4 Å². The summed E-state index contributed by atoms with van der Waals surface area (Å²) in [7, 11) is 0. The Bertz CT molecular complexity index is 1100. The van der Waals surface area contributed by atoms with Crippen molar-refractivity contribution in [3.63, 3.8) is 0 Å². The van der Waals surface area contributed by atoms with Crippen molar-refractivity contribution in [3.8, 4) is 5.75 Å². The first-order valence-corrected chi connectivity index (χ1v) is 11.1. The second kappa shape index (κ2) is 10.2. The lowest BCUT2D eigenvalue weighted by atomic mass is 10.1. The third-order valence-electron chi connectivity index (χ3n) is 5.53. The maximum absolute atomic E-state index is 11.4. The second-order valence-corrected chi connectivity index (χ2v) is 7.79. The summed E-state index contributed by atoms with van der Waals surface area (Å²) in [4.78, 5) is 29.2. The lowest BCUT2D eigenvalue weighted by Crippen LogP contribution is -2.47. The van der Waals surface area contributed by atoms with E-state index in [1.54, 1.807) is 0 Å². The van der Waals surface area contributed by atoms with E-state index in [9.17, 15) is 4.79 Å². The van der Waals surface area contributed by atoms with Gasteiger partial charge in [0, 0.05) is 50.2 Å². The molecule has 2 aromatic carbocycles. The van der Waals surface area contributed by atoms with Crippen LogP contribution in [0.3, 0.4) is 0 Å². The summed E-state index contributed by atoms with van der Waals surface area (Å²) in [6, 6.07) is 13.9. The van der Waals surface area contributed by atoms with Gasteiger partial charge in [-0.3, -0.25) is 4.79 Å². The molecule has 9 nitrogen and oxygen atoms in total. The van der Waals surface area contributed by atoms with Crippen molar-refractivity contribution in [1.29, 1.82) is 0 Å². The van der Waals surface area contributed by atoms with Crippen LogP contribution in [0.2, 0.25) is 0 Å². The van der Waals surface area contributed by atoms with Gasteiger partial charge in [0.1, 0.15) is 12.1 Å². The fourth-order valence-corrected chi connectivity index (χ4v) is 3.80. The van der Waals surface area contributed by atoms with Gasteiger partial charge in [0.15, 0.2) is 0 Å². The minimum absolute atomic E-state index is 0.109. The minimum Gasteiger partial charge on any atom is -0.494 e. The molecule has 4 rings (SSSR count). The van der Waals surface area contributed by atoms with Crippen LogP contribution in [0.15, 0.2) is 48.8 Å². The smallest absolute Gasteiger partial charge is 0.232 e. The molecule has 1 amide bonds. The maximum Gasteiger partial charge on any atom is 0.232 e. The van der Waals surface area contributed by atoms with Crippen molar-refractivity contribution < 1.29 is 9.53 Å². The molecule has 0 saturated carbocycles. The summed E-state index contributed by atoms with van der Waals surface area (Å²) in [5.41, 5.74) is 3.69. The number of nitrogens with one attached hydrogen (secondary N) is 2. The zero-order valence-electron chi connectivity index (χ0n) is 19.2. The number of benzene rings is 2. The molecule has 0 bridgehead atoms. The molecule has 33 heavy (non-hydrogen) atoms. The molecule has 172 valence electrons. The van der Waals surface area contributed by atoms with E-state index < -0.39 is 0 Å². The van der Waals surface area contributed by atoms with Crippen LogP contribution in [-0.4, -0.2) is 53.6 Å². The van der Waals surface area contributed by atoms with Gasteiger partial charge < -0.3 is 25.2 Å². The SMILES string of the molecule is CCOc1ccc(N2CCN(c3ncnc(Nc4cccc(NC(C)=O)c4C)n3)CC2)cc1. The van der Waals surface area contributed by atoms with Gasteiger partial charge in [-0.2, -0.15) is 4.98 Å². The summed E-state index contributed by atoms with van der Waals surface area (Å²) in [5, 5.41) is 6.09. The Balaban J connectivity index is 1.40. The fraction of sp³-hybridized carbons (Fsp3) is 0.333. The maximum atomic E-state index is 11.4. The van der Waals surface area contributed by atoms with E-state index in [2.05, 4.69) is 47.5 Å². The average molecular weight is 448 g/mol. The fourth-order valence-electron chi connectivity index (χ4n) is 3.80. The molecule has 3 aromatic rings. The predicted octanol–water partition coefficient (Wildman–Crippen LogP) is 3.61. The van der Waals surface area contributed by atoms with Crippen LogP contribution in [0.5, 0.6) is 5.75 Å². The quantitative estimate of drug-likeness (QED) is 0.567. The van der Waals surface area contributed by atoms with Crippen LogP contribution < -0.4 is 25.2 Å². The molecule has 1 saturated heterocycles. The van der Waals surface area contributed by atoms with Gasteiger partial charge in [0.25, 0.3) is 0 Å². The molecule has 1 aliphatic rings. The van der Waals surface area contributed by atoms with Crippen molar-refractivity contribution in [1.82, 2.24) is 15.0 Å². The molecule has 0 atom stereocenters. The summed E-state index contributed by atoms with van der Waals surface area (Å²) in [6.45, 7) is 9.46. The number of nitrogens with zero attached hydrogens (tertiary/aromatic N) is 5. The Morgan fingerprint density at radius 3 is 2.39 bits per heavy atom. The van der Waals surface area contributed by atoms with Crippen molar-refractivity contribution in [2.75, 3.05) is 53.2 Å². The number of amides is 1. The van der Waals surface area contributed by atoms with Crippen LogP contribution >= 0.6 is 0 Å². The summed E-state index contributed by atoms with van der Waals surface area (Å²) >= 11 is 0. The van der Waals surface area contributed by atoms with Gasteiger partial charge in [0.05, 0.1) is 6.61 Å². The number of rotatable bonds is 7. The summed E-state index contributed by atoms with van der Waals surface area (Å²) in [5.74, 6) is 1.90. The number of anilines is 5. The largest absolute Gasteiger partial charge is 0.494 e. The van der Waals surface area contributed by atoms with Gasteiger partial charge in [-0.15, -0.1) is 0 Å². The lowest BCUT2D eigenvalue weighted by molar-refractivity contribution is -0.114. The molecule has 1 fully saturated rings. The van der Waals surface area contributed by atoms with E-state index in [4.69, 9.17) is 4.74 Å². The van der Waals surface area contributed by atoms with E-state index >= 15 is 0 Å². The lowest BCUT2D eigenvalue weighted by Gasteiger charge is -2.36. The number of carbonyl (C=O) groups is 1. The first kappa shape index (κ1) is 22.3. The van der Waals surface area contributed by atoms with E-state index in [1.807, 2.05) is 44.2 Å². The normalized spacial score (nSPS) is 13.5. The summed E-state index contributed by atoms with van der Waals surface area (Å²) in [6.07, 6.45) is 1.52. The number of ether oxygens (including phenoxy) is 1. The van der Waals surface area contributed by atoms with Crippen molar-refractivity contribution in [2.24, 2.45) is 0 Å². The van der Waals surface area contributed by atoms with Crippen LogP contribution in [0.4, 0.5) is 29.0 Å². The first-order chi connectivity index (χ1) is 16.0. The minimum atomic E-state index is -0.109. The predicted molar refractivity (Wildman–Crippen MR) is 131 cm³/mol. The number of carbonyl (C=O) groups excluding carboxylic acids is 1. The van der Waals surface area contributed by atoms with Gasteiger partial charge in [-0.1, -0.05) is 6.07 Å². The van der Waals surface area contributed by atoms with Crippen LogP contribution in [0.1, 0.15) is 19.4 Å². The third kappa shape index (κ3) is 5.49. The van der Waals surface area contributed by atoms with Gasteiger partial charge >= 0.3 is 0 Å². The van der Waals surface area contributed by atoms with E-state index in [0.717, 1.165) is 48.9 Å². The standard InChI is InChI=1S/C24H29N7O2/c1-4-33-20-10-8-19(9-11-20)30-12-14-31(15-13-30)24-26-16-25-23(29-24)28-22-7-5-6-21(17(22)2)27-18(3)32/h5-11,16H,4,12-15H2,1-3H3,(H,27,32)(H,25,26,28,29). The molecule has 9 heteroatoms. The summed E-state index contributed by atoms with van der Waals surface area (Å²) < 4.78 is 5.53. The topological polar surface area (TPSA) is 95.5 Å². The molecule has 2 N–H and O–H groups in total. The highest BCUT2D eigenvalue weighted by Crippen LogP contribution is 2.26. The Kier molecular flexibility index (Phi) is 6.87. The highest BCUT2D eigenvalue weighted by molar-refractivity contribution is 5.90. The highest BCUT2D eigenvalue weighted by Gasteiger charge is 2.20. The molecular formula is C24H29N7O2. The van der Waals surface area contributed by atoms with E-state index in [1.165, 1.54) is 18.9 Å². The molecule has 1 aromatic heterocycles. The van der Waals surface area contributed by atoms with Crippen LogP contribution in [-0.2, 0) is 4.79 Å². The Morgan fingerprint density at radius 1 is 1.00 bits per heavy atom. The van der Waals surface area contributed by atoms with E-state index in [0.29, 0.717) is 18.5 Å². The zero-order chi connectivity index (χ0) is 23.2. The zero-order valence-corrected chi connectivity index (χ0v) is 19.2. The number of hydrogen-bond acceptors (Lipinski definition) is 8.